The van der Waals surface area contributed by atoms with Crippen LogP contribution in [0.15, 0.2) is 24.3 Å². The molecule has 0 bridgehead atoms. The Balaban J connectivity index is 2.18. The van der Waals surface area contributed by atoms with E-state index in [1.54, 1.807) is 0 Å². The molecule has 0 saturated heterocycles. The number of hydrogen-bond donors (Lipinski definition) is 1. The zero-order valence-corrected chi connectivity index (χ0v) is 13.4. The summed E-state index contributed by atoms with van der Waals surface area (Å²) in [7, 11) is 0. The Kier molecular flexibility index (Phi) is 5.65. The molecule has 1 saturated carbocycles. The molecule has 1 aliphatic rings. The van der Waals surface area contributed by atoms with Crippen LogP contribution in [0.4, 0.5) is 0 Å². The molecule has 1 heteroatoms. The number of benzene rings is 1. The lowest BCUT2D eigenvalue weighted by Crippen LogP contribution is -2.29. The van der Waals surface area contributed by atoms with Crippen LogP contribution < -0.4 is 5.73 Å². The van der Waals surface area contributed by atoms with Crippen molar-refractivity contribution in [1.82, 2.24) is 0 Å². The lowest BCUT2D eigenvalue weighted by molar-refractivity contribution is 0.236. The van der Waals surface area contributed by atoms with Crippen LogP contribution in [0, 0.1) is 17.8 Å². The Bertz CT molecular complexity index is 410. The SMILES string of the molecule is CCC1CCC(CN)C(c2cccc(CC(C)C)c2)C1. The lowest BCUT2D eigenvalue weighted by atomic mass is 9.70. The van der Waals surface area contributed by atoms with E-state index in [1.807, 2.05) is 0 Å². The van der Waals surface area contributed by atoms with Gasteiger partial charge in [-0.15, -0.1) is 0 Å². The van der Waals surface area contributed by atoms with Crippen LogP contribution in [0.2, 0.25) is 0 Å². The van der Waals surface area contributed by atoms with Crippen molar-refractivity contribution in [3.63, 3.8) is 0 Å². The molecule has 1 fully saturated rings. The molecule has 1 nitrogen and oxygen atoms in total. The Morgan fingerprint density at radius 1 is 1.25 bits per heavy atom. The van der Waals surface area contributed by atoms with Gasteiger partial charge in [-0.05, 0) is 60.6 Å². The largest absolute Gasteiger partial charge is 0.330 e. The Hall–Kier alpha value is -0.820. The van der Waals surface area contributed by atoms with Crippen molar-refractivity contribution in [2.75, 3.05) is 6.54 Å². The average molecular weight is 273 g/mol. The highest BCUT2D eigenvalue weighted by atomic mass is 14.6. The average Bonchev–Trinajstić information content (AvgIpc) is 2.46. The van der Waals surface area contributed by atoms with Gasteiger partial charge in [0.25, 0.3) is 0 Å². The van der Waals surface area contributed by atoms with Gasteiger partial charge in [0.2, 0.25) is 0 Å². The van der Waals surface area contributed by atoms with Gasteiger partial charge >= 0.3 is 0 Å². The molecule has 1 aromatic rings. The van der Waals surface area contributed by atoms with Crippen molar-refractivity contribution in [3.8, 4) is 0 Å². The lowest BCUT2D eigenvalue weighted by Gasteiger charge is -2.36. The first-order valence-electron chi connectivity index (χ1n) is 8.42. The van der Waals surface area contributed by atoms with Crippen molar-refractivity contribution in [2.45, 2.75) is 58.8 Å². The standard InChI is InChI=1S/C19H31N/c1-4-15-8-9-18(13-20)19(12-15)17-7-5-6-16(11-17)10-14(2)3/h5-7,11,14-15,18-19H,4,8-10,12-13,20H2,1-3H3. The van der Waals surface area contributed by atoms with Crippen LogP contribution in [0.5, 0.6) is 0 Å². The van der Waals surface area contributed by atoms with Crippen LogP contribution in [0.25, 0.3) is 0 Å². The van der Waals surface area contributed by atoms with Crippen LogP contribution in [0.1, 0.15) is 63.5 Å². The van der Waals surface area contributed by atoms with E-state index in [-0.39, 0.29) is 0 Å². The summed E-state index contributed by atoms with van der Waals surface area (Å²) in [4.78, 5) is 0. The summed E-state index contributed by atoms with van der Waals surface area (Å²) in [5.41, 5.74) is 9.07. The molecule has 1 aliphatic carbocycles. The minimum Gasteiger partial charge on any atom is -0.330 e. The molecular formula is C19H31N. The van der Waals surface area contributed by atoms with Crippen LogP contribution in [-0.2, 0) is 6.42 Å². The highest BCUT2D eigenvalue weighted by Gasteiger charge is 2.29. The number of hydrogen-bond acceptors (Lipinski definition) is 1. The molecule has 3 unspecified atom stereocenters. The molecule has 0 aromatic heterocycles. The van der Waals surface area contributed by atoms with E-state index in [0.29, 0.717) is 11.8 Å². The quantitative estimate of drug-likeness (QED) is 0.823. The Morgan fingerprint density at radius 2 is 2.05 bits per heavy atom. The van der Waals surface area contributed by atoms with E-state index in [4.69, 9.17) is 5.73 Å². The summed E-state index contributed by atoms with van der Waals surface area (Å²) in [5, 5.41) is 0. The summed E-state index contributed by atoms with van der Waals surface area (Å²) >= 11 is 0. The van der Waals surface area contributed by atoms with E-state index in [1.165, 1.54) is 43.2 Å². The van der Waals surface area contributed by atoms with Gasteiger partial charge in [0, 0.05) is 0 Å². The fourth-order valence-corrected chi connectivity index (χ4v) is 3.80. The van der Waals surface area contributed by atoms with Crippen molar-refractivity contribution in [2.24, 2.45) is 23.5 Å². The normalized spacial score (nSPS) is 26.9. The minimum atomic E-state index is 0.686. The zero-order valence-electron chi connectivity index (χ0n) is 13.4. The predicted molar refractivity (Wildman–Crippen MR) is 87.9 cm³/mol. The first-order chi connectivity index (χ1) is 9.63. The molecule has 0 radical (unpaired) electrons. The Morgan fingerprint density at radius 3 is 2.70 bits per heavy atom. The van der Waals surface area contributed by atoms with Crippen molar-refractivity contribution >= 4 is 0 Å². The van der Waals surface area contributed by atoms with E-state index >= 15 is 0 Å². The molecule has 0 spiro atoms. The summed E-state index contributed by atoms with van der Waals surface area (Å²) in [6.07, 6.45) is 6.53. The van der Waals surface area contributed by atoms with Gasteiger partial charge < -0.3 is 5.73 Å². The molecule has 0 heterocycles. The van der Waals surface area contributed by atoms with Gasteiger partial charge in [-0.3, -0.25) is 0 Å². The molecule has 20 heavy (non-hydrogen) atoms. The second-order valence-corrected chi connectivity index (χ2v) is 7.03. The molecule has 2 rings (SSSR count). The molecule has 0 aliphatic heterocycles. The fraction of sp³-hybridized carbons (Fsp3) is 0.684. The van der Waals surface area contributed by atoms with Gasteiger partial charge in [-0.25, -0.2) is 0 Å². The number of nitrogens with two attached hydrogens (primary N) is 1. The molecular weight excluding hydrogens is 242 g/mol. The van der Waals surface area contributed by atoms with Crippen molar-refractivity contribution in [3.05, 3.63) is 35.4 Å². The summed E-state index contributed by atoms with van der Waals surface area (Å²) in [6, 6.07) is 9.30. The maximum absolute atomic E-state index is 6.04. The second-order valence-electron chi connectivity index (χ2n) is 7.03. The molecule has 2 N–H and O–H groups in total. The smallest absolute Gasteiger partial charge is 0.00430 e. The summed E-state index contributed by atoms with van der Waals surface area (Å²) in [6.45, 7) is 7.77. The highest BCUT2D eigenvalue weighted by molar-refractivity contribution is 5.28. The summed E-state index contributed by atoms with van der Waals surface area (Å²) in [5.74, 6) is 3.00. The van der Waals surface area contributed by atoms with E-state index in [0.717, 1.165) is 18.4 Å². The van der Waals surface area contributed by atoms with Crippen molar-refractivity contribution < 1.29 is 0 Å². The maximum Gasteiger partial charge on any atom is -0.00430 e. The third-order valence-corrected chi connectivity index (χ3v) is 5.01. The van der Waals surface area contributed by atoms with Gasteiger partial charge in [-0.2, -0.15) is 0 Å². The fourth-order valence-electron chi connectivity index (χ4n) is 3.80. The first-order valence-corrected chi connectivity index (χ1v) is 8.42. The van der Waals surface area contributed by atoms with Crippen LogP contribution in [-0.4, -0.2) is 6.54 Å². The molecule has 1 aromatic carbocycles. The number of rotatable bonds is 5. The summed E-state index contributed by atoms with van der Waals surface area (Å²) < 4.78 is 0. The second kappa shape index (κ2) is 7.26. The van der Waals surface area contributed by atoms with Gasteiger partial charge in [-0.1, -0.05) is 57.9 Å². The van der Waals surface area contributed by atoms with Crippen molar-refractivity contribution in [1.29, 1.82) is 0 Å². The highest BCUT2D eigenvalue weighted by Crippen LogP contribution is 2.41. The Labute approximate surface area is 125 Å². The monoisotopic (exact) mass is 273 g/mol. The molecule has 0 amide bonds. The van der Waals surface area contributed by atoms with E-state index < -0.39 is 0 Å². The third kappa shape index (κ3) is 3.85. The van der Waals surface area contributed by atoms with Gasteiger partial charge in [0.05, 0.1) is 0 Å². The van der Waals surface area contributed by atoms with Gasteiger partial charge in [0.1, 0.15) is 0 Å². The minimum absolute atomic E-state index is 0.686. The van der Waals surface area contributed by atoms with E-state index in [2.05, 4.69) is 45.0 Å². The first kappa shape index (κ1) is 15.6. The molecule has 112 valence electrons. The third-order valence-electron chi connectivity index (χ3n) is 5.01. The zero-order chi connectivity index (χ0) is 14.5. The van der Waals surface area contributed by atoms with Crippen LogP contribution >= 0.6 is 0 Å². The molecule has 3 atom stereocenters. The van der Waals surface area contributed by atoms with Gasteiger partial charge in [0.15, 0.2) is 0 Å². The maximum atomic E-state index is 6.04. The topological polar surface area (TPSA) is 26.0 Å². The van der Waals surface area contributed by atoms with Crippen LogP contribution in [0.3, 0.4) is 0 Å². The predicted octanol–water partition coefficient (Wildman–Crippen LogP) is 4.75. The van der Waals surface area contributed by atoms with E-state index in [9.17, 15) is 0 Å².